The molecule has 2 N–H and O–H groups in total. The van der Waals surface area contributed by atoms with Crippen LogP contribution in [0.4, 0.5) is 5.69 Å². The van der Waals surface area contributed by atoms with E-state index in [2.05, 4.69) is 4.74 Å². The summed E-state index contributed by atoms with van der Waals surface area (Å²) < 4.78 is 30.8. The number of hydrogen-bond acceptors (Lipinski definition) is 7. The van der Waals surface area contributed by atoms with Gasteiger partial charge in [-0.05, 0) is 18.6 Å². The van der Waals surface area contributed by atoms with Gasteiger partial charge in [-0.1, -0.05) is 0 Å². The summed E-state index contributed by atoms with van der Waals surface area (Å²) >= 11 is 0. The maximum atomic E-state index is 12.2. The van der Waals surface area contributed by atoms with Crippen LogP contribution < -0.4 is 4.72 Å². The number of non-ortho nitro benzene ring substituents is 1. The number of carboxylic acid groups (broad SMARTS) is 1. The summed E-state index contributed by atoms with van der Waals surface area (Å²) in [5.74, 6) is -2.13. The van der Waals surface area contributed by atoms with E-state index in [1.54, 1.807) is 0 Å². The minimum absolute atomic E-state index is 0.292. The Morgan fingerprint density at radius 3 is 2.35 bits per heavy atom. The van der Waals surface area contributed by atoms with Crippen molar-refractivity contribution >= 4 is 27.6 Å². The van der Waals surface area contributed by atoms with Crippen LogP contribution >= 0.6 is 0 Å². The van der Waals surface area contributed by atoms with Gasteiger partial charge in [0.15, 0.2) is 0 Å². The van der Waals surface area contributed by atoms with Crippen molar-refractivity contribution in [3.63, 3.8) is 0 Å². The van der Waals surface area contributed by atoms with Crippen molar-refractivity contribution in [1.82, 2.24) is 4.72 Å². The monoisotopic (exact) mass is 346 g/mol. The second-order valence-electron chi connectivity index (χ2n) is 4.38. The Balaban J connectivity index is 2.97. The molecule has 10 nitrogen and oxygen atoms in total. The first-order valence-electron chi connectivity index (χ1n) is 6.24. The third-order valence-corrected chi connectivity index (χ3v) is 4.28. The second-order valence-corrected chi connectivity index (χ2v) is 6.09. The number of benzene rings is 1. The van der Waals surface area contributed by atoms with Crippen molar-refractivity contribution < 1.29 is 32.8 Å². The van der Waals surface area contributed by atoms with Crippen LogP contribution in [0.3, 0.4) is 0 Å². The molecule has 11 heteroatoms. The molecule has 0 radical (unpaired) electrons. The molecule has 126 valence electrons. The molecule has 0 heterocycles. The Morgan fingerprint density at radius 1 is 1.35 bits per heavy atom. The Bertz CT molecular complexity index is 698. The van der Waals surface area contributed by atoms with Gasteiger partial charge >= 0.3 is 11.9 Å². The molecule has 0 saturated heterocycles. The van der Waals surface area contributed by atoms with E-state index in [4.69, 9.17) is 5.11 Å². The molecule has 1 atom stereocenters. The van der Waals surface area contributed by atoms with E-state index in [0.29, 0.717) is 0 Å². The number of carbonyl (C=O) groups excluding carboxylic acids is 1. The SMILES string of the molecule is COC(=O)[C@H](CCC(=O)O)NS(=O)(=O)c1ccc([N+](=O)[O-])cc1. The van der Waals surface area contributed by atoms with Crippen molar-refractivity contribution in [1.29, 1.82) is 0 Å². The number of nitro groups is 1. The maximum Gasteiger partial charge on any atom is 0.323 e. The molecular weight excluding hydrogens is 332 g/mol. The lowest BCUT2D eigenvalue weighted by Crippen LogP contribution is -2.41. The summed E-state index contributed by atoms with van der Waals surface area (Å²) in [7, 11) is -3.13. The Morgan fingerprint density at radius 2 is 1.91 bits per heavy atom. The van der Waals surface area contributed by atoms with Crippen LogP contribution in [-0.4, -0.2) is 43.5 Å². The highest BCUT2D eigenvalue weighted by molar-refractivity contribution is 7.89. The predicted molar refractivity (Wildman–Crippen MR) is 76.1 cm³/mol. The van der Waals surface area contributed by atoms with E-state index in [9.17, 15) is 28.1 Å². The van der Waals surface area contributed by atoms with Crippen LogP contribution in [-0.2, 0) is 24.3 Å². The average Bonchev–Trinajstić information content (AvgIpc) is 2.50. The van der Waals surface area contributed by atoms with Gasteiger partial charge in [-0.15, -0.1) is 0 Å². The molecule has 0 aliphatic carbocycles. The Kier molecular flexibility index (Phi) is 6.16. The molecule has 0 aliphatic rings. The first-order valence-corrected chi connectivity index (χ1v) is 7.72. The summed E-state index contributed by atoms with van der Waals surface area (Å²) in [6, 6.07) is 2.63. The number of nitrogens with one attached hydrogen (secondary N) is 1. The van der Waals surface area contributed by atoms with Gasteiger partial charge in [-0.25, -0.2) is 8.42 Å². The molecular formula is C12H14N2O8S. The third-order valence-electron chi connectivity index (χ3n) is 2.79. The Hall–Kier alpha value is -2.53. The highest BCUT2D eigenvalue weighted by Gasteiger charge is 2.27. The van der Waals surface area contributed by atoms with E-state index < -0.39 is 39.3 Å². The molecule has 0 aliphatic heterocycles. The Labute approximate surface area is 131 Å². The molecule has 0 fully saturated rings. The first-order chi connectivity index (χ1) is 10.7. The van der Waals surface area contributed by atoms with Crippen LogP contribution in [0.25, 0.3) is 0 Å². The number of ether oxygens (including phenoxy) is 1. The molecule has 1 aromatic carbocycles. The molecule has 23 heavy (non-hydrogen) atoms. The van der Waals surface area contributed by atoms with Crippen molar-refractivity contribution in [3.8, 4) is 0 Å². The van der Waals surface area contributed by atoms with Gasteiger partial charge in [0.1, 0.15) is 6.04 Å². The lowest BCUT2D eigenvalue weighted by molar-refractivity contribution is -0.384. The zero-order valence-electron chi connectivity index (χ0n) is 12.0. The van der Waals surface area contributed by atoms with Gasteiger partial charge in [-0.3, -0.25) is 19.7 Å². The number of methoxy groups -OCH3 is 1. The standard InChI is InChI=1S/C12H14N2O8S/c1-22-12(17)10(6-7-11(15)16)13-23(20,21)9-4-2-8(3-5-9)14(18)19/h2-5,10,13H,6-7H2,1H3,(H,15,16)/t10-/m0/s1. The number of carboxylic acids is 1. The zero-order valence-corrected chi connectivity index (χ0v) is 12.8. The quantitative estimate of drug-likeness (QED) is 0.386. The third kappa shape index (κ3) is 5.30. The first kappa shape index (κ1) is 18.5. The number of esters is 1. The van der Waals surface area contributed by atoms with Crippen molar-refractivity contribution in [2.75, 3.05) is 7.11 Å². The van der Waals surface area contributed by atoms with E-state index in [1.165, 1.54) is 0 Å². The average molecular weight is 346 g/mol. The largest absolute Gasteiger partial charge is 0.481 e. The number of nitro benzene ring substituents is 1. The number of hydrogen-bond donors (Lipinski definition) is 2. The van der Waals surface area contributed by atoms with Crippen LogP contribution in [0.5, 0.6) is 0 Å². The predicted octanol–water partition coefficient (Wildman–Crippen LogP) is 0.280. The van der Waals surface area contributed by atoms with Crippen LogP contribution in [0.2, 0.25) is 0 Å². The molecule has 1 aromatic rings. The summed E-state index contributed by atoms with van der Waals surface area (Å²) in [4.78, 5) is 31.7. The molecule has 0 spiro atoms. The minimum Gasteiger partial charge on any atom is -0.481 e. The molecule has 0 amide bonds. The molecule has 0 bridgehead atoms. The van der Waals surface area contributed by atoms with Gasteiger partial charge in [0.25, 0.3) is 5.69 Å². The summed E-state index contributed by atoms with van der Waals surface area (Å²) in [6.45, 7) is 0. The lowest BCUT2D eigenvalue weighted by atomic mass is 10.2. The summed E-state index contributed by atoms with van der Waals surface area (Å²) in [5.41, 5.74) is -0.292. The van der Waals surface area contributed by atoms with E-state index in [0.717, 1.165) is 31.4 Å². The number of rotatable bonds is 8. The highest BCUT2D eigenvalue weighted by Crippen LogP contribution is 2.16. The topological polar surface area (TPSA) is 153 Å². The normalized spacial score (nSPS) is 12.4. The molecule has 0 aromatic heterocycles. The van der Waals surface area contributed by atoms with E-state index in [1.807, 2.05) is 4.72 Å². The van der Waals surface area contributed by atoms with Crippen LogP contribution in [0.1, 0.15) is 12.8 Å². The van der Waals surface area contributed by atoms with Gasteiger partial charge in [0, 0.05) is 18.6 Å². The minimum atomic E-state index is -4.17. The lowest BCUT2D eigenvalue weighted by Gasteiger charge is -2.15. The maximum absolute atomic E-state index is 12.2. The second kappa shape index (κ2) is 7.65. The fourth-order valence-corrected chi connectivity index (χ4v) is 2.86. The zero-order chi connectivity index (χ0) is 17.6. The van der Waals surface area contributed by atoms with Crippen molar-refractivity contribution in [2.24, 2.45) is 0 Å². The van der Waals surface area contributed by atoms with Crippen molar-refractivity contribution in [2.45, 2.75) is 23.8 Å². The molecule has 0 saturated carbocycles. The van der Waals surface area contributed by atoms with Gasteiger partial charge < -0.3 is 9.84 Å². The van der Waals surface area contributed by atoms with E-state index in [-0.39, 0.29) is 17.0 Å². The smallest absolute Gasteiger partial charge is 0.323 e. The van der Waals surface area contributed by atoms with Crippen molar-refractivity contribution in [3.05, 3.63) is 34.4 Å². The fourth-order valence-electron chi connectivity index (χ4n) is 1.64. The summed E-state index contributed by atoms with van der Waals surface area (Å²) in [5, 5.41) is 19.2. The number of aliphatic carboxylic acids is 1. The molecule has 1 rings (SSSR count). The van der Waals surface area contributed by atoms with E-state index >= 15 is 0 Å². The van der Waals surface area contributed by atoms with Crippen LogP contribution in [0, 0.1) is 10.1 Å². The van der Waals surface area contributed by atoms with Gasteiger partial charge in [-0.2, -0.15) is 4.72 Å². The van der Waals surface area contributed by atoms with Gasteiger partial charge in [0.05, 0.1) is 16.9 Å². The van der Waals surface area contributed by atoms with Gasteiger partial charge in [0.2, 0.25) is 10.0 Å². The number of nitrogens with zero attached hydrogens (tertiary/aromatic N) is 1. The number of carbonyl (C=O) groups is 2. The molecule has 0 unspecified atom stereocenters. The van der Waals surface area contributed by atoms with Crippen LogP contribution in [0.15, 0.2) is 29.2 Å². The summed E-state index contributed by atoms with van der Waals surface area (Å²) in [6.07, 6.45) is -0.739. The highest BCUT2D eigenvalue weighted by atomic mass is 32.2. The number of sulfonamides is 1. The fraction of sp³-hybridized carbons (Fsp3) is 0.333.